The maximum absolute atomic E-state index is 11.9. The van der Waals surface area contributed by atoms with Crippen LogP contribution in [-0.2, 0) is 11.3 Å². The molecule has 9 heteroatoms. The first-order valence-corrected chi connectivity index (χ1v) is 5.06. The number of nitro groups is 1. The summed E-state index contributed by atoms with van der Waals surface area (Å²) in [6, 6.07) is 0. The molecule has 1 aliphatic rings. The van der Waals surface area contributed by atoms with Gasteiger partial charge in [0.25, 0.3) is 5.91 Å². The van der Waals surface area contributed by atoms with Gasteiger partial charge in [0, 0.05) is 13.6 Å². The Morgan fingerprint density at radius 2 is 2.17 bits per heavy atom. The van der Waals surface area contributed by atoms with Gasteiger partial charge in [0.15, 0.2) is 0 Å². The number of hydrogen-bond donors (Lipinski definition) is 0. The van der Waals surface area contributed by atoms with E-state index in [9.17, 15) is 19.7 Å². The Morgan fingerprint density at radius 1 is 1.50 bits per heavy atom. The van der Waals surface area contributed by atoms with Gasteiger partial charge in [-0.25, -0.2) is 4.79 Å². The van der Waals surface area contributed by atoms with Crippen molar-refractivity contribution in [2.45, 2.75) is 6.54 Å². The van der Waals surface area contributed by atoms with Crippen molar-refractivity contribution in [1.29, 1.82) is 0 Å². The lowest BCUT2D eigenvalue weighted by molar-refractivity contribution is -0.385. The van der Waals surface area contributed by atoms with E-state index >= 15 is 0 Å². The first-order chi connectivity index (χ1) is 8.47. The Kier molecular flexibility index (Phi) is 2.73. The second-order valence-corrected chi connectivity index (χ2v) is 3.74. The van der Waals surface area contributed by atoms with E-state index in [0.717, 1.165) is 7.11 Å². The molecule has 0 unspecified atom stereocenters. The van der Waals surface area contributed by atoms with Gasteiger partial charge in [0.2, 0.25) is 11.4 Å². The van der Waals surface area contributed by atoms with Crippen LogP contribution in [0.4, 0.5) is 5.69 Å². The zero-order chi connectivity index (χ0) is 13.4. The van der Waals surface area contributed by atoms with Gasteiger partial charge in [-0.3, -0.25) is 19.6 Å². The van der Waals surface area contributed by atoms with Crippen LogP contribution >= 0.6 is 0 Å². The molecule has 1 aromatic rings. The number of carbonyl (C=O) groups is 2. The zero-order valence-electron chi connectivity index (χ0n) is 9.74. The number of rotatable bonds is 2. The van der Waals surface area contributed by atoms with Crippen molar-refractivity contribution in [2.24, 2.45) is 0 Å². The minimum absolute atomic E-state index is 0.186. The lowest BCUT2D eigenvalue weighted by atomic mass is 10.2. The zero-order valence-corrected chi connectivity index (χ0v) is 9.74. The summed E-state index contributed by atoms with van der Waals surface area (Å²) < 4.78 is 5.60. The van der Waals surface area contributed by atoms with Crippen LogP contribution in [0.15, 0.2) is 0 Å². The molecule has 1 aromatic heterocycles. The number of esters is 1. The van der Waals surface area contributed by atoms with Gasteiger partial charge >= 0.3 is 11.7 Å². The van der Waals surface area contributed by atoms with E-state index in [2.05, 4.69) is 9.84 Å². The van der Waals surface area contributed by atoms with Crippen LogP contribution in [0.1, 0.15) is 21.0 Å². The second kappa shape index (κ2) is 4.09. The molecular weight excluding hydrogens is 244 g/mol. The Hall–Kier alpha value is -2.45. The van der Waals surface area contributed by atoms with Crippen LogP contribution in [0.25, 0.3) is 0 Å². The van der Waals surface area contributed by atoms with Crippen LogP contribution in [-0.4, -0.2) is 52.2 Å². The molecule has 0 atom stereocenters. The third-order valence-corrected chi connectivity index (χ3v) is 2.69. The topological polar surface area (TPSA) is 108 Å². The van der Waals surface area contributed by atoms with E-state index < -0.39 is 28.2 Å². The van der Waals surface area contributed by atoms with Crippen molar-refractivity contribution in [3.8, 4) is 0 Å². The van der Waals surface area contributed by atoms with Crippen LogP contribution in [0.3, 0.4) is 0 Å². The lowest BCUT2D eigenvalue weighted by Crippen LogP contribution is -2.37. The van der Waals surface area contributed by atoms with Crippen LogP contribution in [0.2, 0.25) is 0 Å². The average molecular weight is 254 g/mol. The largest absolute Gasteiger partial charge is 0.464 e. The molecule has 1 aliphatic heterocycles. The Bertz CT molecular complexity index is 549. The monoisotopic (exact) mass is 254 g/mol. The smallest absolute Gasteiger partial charge is 0.365 e. The predicted molar refractivity (Wildman–Crippen MR) is 57.2 cm³/mol. The van der Waals surface area contributed by atoms with E-state index in [-0.39, 0.29) is 5.69 Å². The SMILES string of the molecule is COC(=O)c1nn2c(c1[N+](=O)[O-])C(=O)N(C)CC2. The highest BCUT2D eigenvalue weighted by atomic mass is 16.6. The number of methoxy groups -OCH3 is 1. The summed E-state index contributed by atoms with van der Waals surface area (Å²) in [6.07, 6.45) is 0. The van der Waals surface area contributed by atoms with Crippen LogP contribution in [0, 0.1) is 10.1 Å². The van der Waals surface area contributed by atoms with Crippen LogP contribution in [0.5, 0.6) is 0 Å². The number of fused-ring (bicyclic) bond motifs is 1. The minimum Gasteiger partial charge on any atom is -0.464 e. The summed E-state index contributed by atoms with van der Waals surface area (Å²) >= 11 is 0. The highest BCUT2D eigenvalue weighted by Crippen LogP contribution is 2.27. The number of nitrogens with zero attached hydrogens (tertiary/aromatic N) is 4. The standard InChI is InChI=1S/C9H10N4O5/c1-11-3-4-12-7(8(11)14)6(13(16)17)5(10-12)9(15)18-2/h3-4H2,1-2H3. The lowest BCUT2D eigenvalue weighted by Gasteiger charge is -2.22. The van der Waals surface area contributed by atoms with Gasteiger partial charge in [-0.2, -0.15) is 5.10 Å². The normalized spacial score (nSPS) is 14.3. The highest BCUT2D eigenvalue weighted by Gasteiger charge is 2.39. The van der Waals surface area contributed by atoms with Gasteiger partial charge in [0.05, 0.1) is 18.6 Å². The molecule has 18 heavy (non-hydrogen) atoms. The molecule has 2 rings (SSSR count). The fourth-order valence-electron chi connectivity index (χ4n) is 1.76. The summed E-state index contributed by atoms with van der Waals surface area (Å²) in [5.41, 5.74) is -1.23. The van der Waals surface area contributed by atoms with Crippen LogP contribution < -0.4 is 0 Å². The van der Waals surface area contributed by atoms with Crippen molar-refractivity contribution >= 4 is 17.6 Å². The Labute approximate surface area is 101 Å². The van der Waals surface area contributed by atoms with Gasteiger partial charge in [-0.05, 0) is 0 Å². The molecule has 0 saturated heterocycles. The van der Waals surface area contributed by atoms with Gasteiger partial charge < -0.3 is 9.64 Å². The number of aromatic nitrogens is 2. The van der Waals surface area contributed by atoms with Crippen molar-refractivity contribution in [3.05, 3.63) is 21.5 Å². The Morgan fingerprint density at radius 3 is 2.72 bits per heavy atom. The summed E-state index contributed by atoms with van der Waals surface area (Å²) in [6.45, 7) is 0.681. The molecule has 1 amide bonds. The Balaban J connectivity index is 2.66. The van der Waals surface area contributed by atoms with E-state index in [1.165, 1.54) is 16.6 Å². The number of carbonyl (C=O) groups excluding carboxylic acids is 2. The quantitative estimate of drug-likeness (QED) is 0.406. The molecule has 0 aromatic carbocycles. The molecule has 0 fully saturated rings. The van der Waals surface area contributed by atoms with Crippen molar-refractivity contribution < 1.29 is 19.2 Å². The van der Waals surface area contributed by atoms with Crippen molar-refractivity contribution in [3.63, 3.8) is 0 Å². The number of ether oxygens (including phenoxy) is 1. The molecule has 2 heterocycles. The predicted octanol–water partition coefficient (Wildman–Crippen LogP) is -0.337. The van der Waals surface area contributed by atoms with Gasteiger partial charge in [-0.15, -0.1) is 0 Å². The molecule has 0 spiro atoms. The molecule has 0 bridgehead atoms. The summed E-state index contributed by atoms with van der Waals surface area (Å²) in [7, 11) is 2.62. The third-order valence-electron chi connectivity index (χ3n) is 2.69. The maximum atomic E-state index is 11.9. The summed E-state index contributed by atoms with van der Waals surface area (Å²) in [5.74, 6) is -1.46. The number of amides is 1. The van der Waals surface area contributed by atoms with E-state index in [4.69, 9.17) is 0 Å². The van der Waals surface area contributed by atoms with Gasteiger partial charge in [0.1, 0.15) is 0 Å². The van der Waals surface area contributed by atoms with Crippen molar-refractivity contribution in [1.82, 2.24) is 14.7 Å². The molecule has 0 radical (unpaired) electrons. The molecular formula is C9H10N4O5. The van der Waals surface area contributed by atoms with E-state index in [1.807, 2.05) is 0 Å². The fraction of sp³-hybridized carbons (Fsp3) is 0.444. The van der Waals surface area contributed by atoms with E-state index in [0.29, 0.717) is 13.1 Å². The van der Waals surface area contributed by atoms with E-state index in [1.54, 1.807) is 0 Å². The summed E-state index contributed by atoms with van der Waals surface area (Å²) in [4.78, 5) is 34.8. The number of likely N-dealkylation sites (N-methyl/N-ethyl adjacent to an activating group) is 1. The maximum Gasteiger partial charge on any atom is 0.365 e. The molecule has 0 N–H and O–H groups in total. The first kappa shape index (κ1) is 12.0. The fourth-order valence-corrected chi connectivity index (χ4v) is 1.76. The highest BCUT2D eigenvalue weighted by molar-refractivity contribution is 6.02. The average Bonchev–Trinajstić information content (AvgIpc) is 2.73. The van der Waals surface area contributed by atoms with Crippen molar-refractivity contribution in [2.75, 3.05) is 20.7 Å². The van der Waals surface area contributed by atoms with Gasteiger partial charge in [-0.1, -0.05) is 0 Å². The molecule has 0 aliphatic carbocycles. The second-order valence-electron chi connectivity index (χ2n) is 3.74. The molecule has 96 valence electrons. The first-order valence-electron chi connectivity index (χ1n) is 5.06. The third kappa shape index (κ3) is 1.60. The number of hydrogen-bond acceptors (Lipinski definition) is 6. The summed E-state index contributed by atoms with van der Waals surface area (Å²) in [5, 5.41) is 14.8. The minimum atomic E-state index is -0.931. The molecule has 0 saturated carbocycles. The molecule has 9 nitrogen and oxygen atoms in total.